The lowest BCUT2D eigenvalue weighted by molar-refractivity contribution is 0.329. The van der Waals surface area contributed by atoms with Gasteiger partial charge in [-0.15, -0.1) is 5.10 Å². The molecule has 2 aliphatic heterocycles. The number of hydrogen-bond donors (Lipinski definition) is 1. The van der Waals surface area contributed by atoms with Crippen LogP contribution in [0.5, 0.6) is 5.75 Å². The number of piperidine rings is 1. The van der Waals surface area contributed by atoms with Crippen molar-refractivity contribution in [3.63, 3.8) is 0 Å². The molecule has 2 aromatic rings. The standard InChI is InChI=1S/C19H24N4O3S/c24-27(25,13-8-15-3-4-18-16(14-15)7-12-26-18)23-10-5-17(6-11-23)21-19-2-1-9-20-22-19/h1-4,9,14,17H,5-8,10-13H2,(H,21,22). The largest absolute Gasteiger partial charge is 0.493 e. The third kappa shape index (κ3) is 4.39. The number of sulfonamides is 1. The van der Waals surface area contributed by atoms with Gasteiger partial charge in [0.15, 0.2) is 0 Å². The average Bonchev–Trinajstić information content (AvgIpc) is 3.16. The molecule has 8 heteroatoms. The maximum Gasteiger partial charge on any atom is 0.214 e. The van der Waals surface area contributed by atoms with Gasteiger partial charge in [-0.2, -0.15) is 5.10 Å². The summed E-state index contributed by atoms with van der Waals surface area (Å²) in [5, 5.41) is 11.2. The number of ether oxygens (including phenoxy) is 1. The molecule has 0 radical (unpaired) electrons. The zero-order chi connectivity index (χ0) is 18.7. The second kappa shape index (κ2) is 7.82. The molecule has 0 amide bonds. The van der Waals surface area contributed by atoms with Crippen LogP contribution in [0.1, 0.15) is 24.0 Å². The first-order valence-electron chi connectivity index (χ1n) is 9.37. The predicted molar refractivity (Wildman–Crippen MR) is 103 cm³/mol. The van der Waals surface area contributed by atoms with Crippen molar-refractivity contribution in [2.45, 2.75) is 31.7 Å². The summed E-state index contributed by atoms with van der Waals surface area (Å²) in [6, 6.07) is 9.93. The van der Waals surface area contributed by atoms with Gasteiger partial charge in [0, 0.05) is 31.7 Å². The number of nitrogens with zero attached hydrogens (tertiary/aromatic N) is 3. The van der Waals surface area contributed by atoms with Gasteiger partial charge < -0.3 is 10.1 Å². The monoisotopic (exact) mass is 388 g/mol. The first-order chi connectivity index (χ1) is 13.1. The summed E-state index contributed by atoms with van der Waals surface area (Å²) in [6.07, 6.45) is 4.61. The Morgan fingerprint density at radius 3 is 2.85 bits per heavy atom. The van der Waals surface area contributed by atoms with Crippen LogP contribution in [-0.2, 0) is 22.9 Å². The van der Waals surface area contributed by atoms with Crippen LogP contribution in [0.2, 0.25) is 0 Å². The molecule has 1 saturated heterocycles. The van der Waals surface area contributed by atoms with Crippen LogP contribution in [0.3, 0.4) is 0 Å². The van der Waals surface area contributed by atoms with E-state index in [4.69, 9.17) is 4.74 Å². The van der Waals surface area contributed by atoms with E-state index in [1.807, 2.05) is 24.3 Å². The molecule has 144 valence electrons. The summed E-state index contributed by atoms with van der Waals surface area (Å²) >= 11 is 0. The minimum atomic E-state index is -3.25. The van der Waals surface area contributed by atoms with Gasteiger partial charge in [-0.05, 0) is 48.6 Å². The van der Waals surface area contributed by atoms with Gasteiger partial charge in [0.2, 0.25) is 10.0 Å². The van der Waals surface area contributed by atoms with Crippen molar-refractivity contribution >= 4 is 15.8 Å². The normalized spacial score (nSPS) is 18.1. The molecule has 1 aromatic heterocycles. The second-order valence-corrected chi connectivity index (χ2v) is 9.12. The lowest BCUT2D eigenvalue weighted by Crippen LogP contribution is -2.43. The summed E-state index contributed by atoms with van der Waals surface area (Å²) < 4.78 is 32.6. The van der Waals surface area contributed by atoms with E-state index < -0.39 is 10.0 Å². The molecule has 1 N–H and O–H groups in total. The topological polar surface area (TPSA) is 84.4 Å². The highest BCUT2D eigenvalue weighted by Crippen LogP contribution is 2.26. The second-order valence-electron chi connectivity index (χ2n) is 7.03. The van der Waals surface area contributed by atoms with Crippen LogP contribution in [0, 0.1) is 0 Å². The highest BCUT2D eigenvalue weighted by Gasteiger charge is 2.28. The fourth-order valence-corrected chi connectivity index (χ4v) is 5.16. The number of fused-ring (bicyclic) bond motifs is 1. The fourth-order valence-electron chi connectivity index (χ4n) is 3.64. The van der Waals surface area contributed by atoms with Crippen molar-refractivity contribution in [2.24, 2.45) is 0 Å². The van der Waals surface area contributed by atoms with Crippen LogP contribution in [0.25, 0.3) is 0 Å². The van der Waals surface area contributed by atoms with Gasteiger partial charge >= 0.3 is 0 Å². The third-order valence-electron chi connectivity index (χ3n) is 5.17. The van der Waals surface area contributed by atoms with Crippen molar-refractivity contribution in [1.29, 1.82) is 0 Å². The molecular formula is C19H24N4O3S. The molecule has 0 aliphatic carbocycles. The van der Waals surface area contributed by atoms with Gasteiger partial charge in [-0.3, -0.25) is 0 Å². The number of nitrogens with one attached hydrogen (secondary N) is 1. The fraction of sp³-hybridized carbons (Fsp3) is 0.474. The molecular weight excluding hydrogens is 364 g/mol. The molecule has 0 bridgehead atoms. The number of anilines is 1. The van der Waals surface area contributed by atoms with E-state index in [9.17, 15) is 8.42 Å². The molecule has 0 unspecified atom stereocenters. The molecule has 3 heterocycles. The van der Waals surface area contributed by atoms with E-state index in [2.05, 4.69) is 21.6 Å². The minimum Gasteiger partial charge on any atom is -0.493 e. The van der Waals surface area contributed by atoms with Gasteiger partial charge in [-0.25, -0.2) is 12.7 Å². The molecule has 0 saturated carbocycles. The van der Waals surface area contributed by atoms with Crippen LogP contribution < -0.4 is 10.1 Å². The Kier molecular flexibility index (Phi) is 5.27. The molecule has 0 atom stereocenters. The minimum absolute atomic E-state index is 0.148. The molecule has 27 heavy (non-hydrogen) atoms. The van der Waals surface area contributed by atoms with E-state index in [0.29, 0.717) is 26.1 Å². The van der Waals surface area contributed by atoms with Crippen LogP contribution >= 0.6 is 0 Å². The SMILES string of the molecule is O=S(=O)(CCc1ccc2c(c1)CCO2)N1CCC(Nc2cccnn2)CC1. The number of aromatic nitrogens is 2. The number of rotatable bonds is 6. The Hall–Kier alpha value is -2.19. The lowest BCUT2D eigenvalue weighted by atomic mass is 10.1. The molecule has 1 aromatic carbocycles. The van der Waals surface area contributed by atoms with Gasteiger partial charge in [-0.1, -0.05) is 12.1 Å². The summed E-state index contributed by atoms with van der Waals surface area (Å²) in [5.41, 5.74) is 2.24. The zero-order valence-corrected chi connectivity index (χ0v) is 16.0. The van der Waals surface area contributed by atoms with Gasteiger partial charge in [0.05, 0.1) is 12.4 Å². The van der Waals surface area contributed by atoms with Gasteiger partial charge in [0.25, 0.3) is 0 Å². The van der Waals surface area contributed by atoms with E-state index in [1.54, 1.807) is 10.5 Å². The van der Waals surface area contributed by atoms with Gasteiger partial charge in [0.1, 0.15) is 11.6 Å². The van der Waals surface area contributed by atoms with Crippen LogP contribution in [0.4, 0.5) is 5.82 Å². The zero-order valence-electron chi connectivity index (χ0n) is 15.2. The number of hydrogen-bond acceptors (Lipinski definition) is 6. The smallest absolute Gasteiger partial charge is 0.214 e. The first-order valence-corrected chi connectivity index (χ1v) is 11.0. The molecule has 2 aliphatic rings. The van der Waals surface area contributed by atoms with Crippen molar-refractivity contribution < 1.29 is 13.2 Å². The number of aryl methyl sites for hydroxylation is 1. The Morgan fingerprint density at radius 2 is 2.07 bits per heavy atom. The third-order valence-corrected chi connectivity index (χ3v) is 7.05. The quantitative estimate of drug-likeness (QED) is 0.813. The number of benzene rings is 1. The first kappa shape index (κ1) is 18.2. The van der Waals surface area contributed by atoms with E-state index >= 15 is 0 Å². The highest BCUT2D eigenvalue weighted by molar-refractivity contribution is 7.89. The summed E-state index contributed by atoms with van der Waals surface area (Å²) in [7, 11) is -3.25. The Balaban J connectivity index is 1.29. The molecule has 4 rings (SSSR count). The maximum absolute atomic E-state index is 12.7. The van der Waals surface area contributed by atoms with Crippen molar-refractivity contribution in [3.8, 4) is 5.75 Å². The molecule has 1 fully saturated rings. The Bertz CT molecular complexity index is 881. The van der Waals surface area contributed by atoms with Crippen LogP contribution in [-0.4, -0.2) is 54.4 Å². The molecule has 7 nitrogen and oxygen atoms in total. The Morgan fingerprint density at radius 1 is 1.22 bits per heavy atom. The van der Waals surface area contributed by atoms with E-state index in [1.165, 1.54) is 5.56 Å². The maximum atomic E-state index is 12.7. The predicted octanol–water partition coefficient (Wildman–Crippen LogP) is 1.86. The summed E-state index contributed by atoms with van der Waals surface area (Å²) in [5.74, 6) is 1.81. The van der Waals surface area contributed by atoms with E-state index in [-0.39, 0.29) is 11.8 Å². The van der Waals surface area contributed by atoms with E-state index in [0.717, 1.165) is 36.4 Å². The molecule has 0 spiro atoms. The Labute approximate surface area is 159 Å². The van der Waals surface area contributed by atoms with Crippen molar-refractivity contribution in [3.05, 3.63) is 47.7 Å². The lowest BCUT2D eigenvalue weighted by Gasteiger charge is -2.31. The summed E-state index contributed by atoms with van der Waals surface area (Å²) in [6.45, 7) is 1.80. The van der Waals surface area contributed by atoms with Crippen molar-refractivity contribution in [1.82, 2.24) is 14.5 Å². The average molecular weight is 388 g/mol. The highest BCUT2D eigenvalue weighted by atomic mass is 32.2. The van der Waals surface area contributed by atoms with Crippen molar-refractivity contribution in [2.75, 3.05) is 30.8 Å². The van der Waals surface area contributed by atoms with Crippen LogP contribution in [0.15, 0.2) is 36.5 Å². The summed E-state index contributed by atoms with van der Waals surface area (Å²) in [4.78, 5) is 0.